The van der Waals surface area contributed by atoms with E-state index in [1.54, 1.807) is 12.1 Å². The molecule has 1 saturated heterocycles. The Kier molecular flexibility index (Phi) is 3.39. The van der Waals surface area contributed by atoms with Crippen LogP contribution in [0, 0.1) is 0 Å². The molecule has 1 atom stereocenters. The summed E-state index contributed by atoms with van der Waals surface area (Å²) in [5.74, 6) is -0.0297. The Morgan fingerprint density at radius 1 is 1.20 bits per heavy atom. The highest BCUT2D eigenvalue weighted by molar-refractivity contribution is 6.37. The number of hydrogen-bond acceptors (Lipinski definition) is 2. The standard InChI is InChI=1S/C11H13Cl2NO/c12-8-5-7(6-9(13)11(8)15)10-3-1-2-4-14-10/h5-6,10,14-15H,1-4H2/t10-/m0/s1. The summed E-state index contributed by atoms with van der Waals surface area (Å²) in [6.45, 7) is 1.03. The molecule has 2 nitrogen and oxygen atoms in total. The van der Waals surface area contributed by atoms with Crippen LogP contribution in [-0.4, -0.2) is 11.7 Å². The zero-order valence-corrected chi connectivity index (χ0v) is 9.78. The molecule has 2 rings (SSSR count). The van der Waals surface area contributed by atoms with Crippen LogP contribution < -0.4 is 5.32 Å². The molecule has 15 heavy (non-hydrogen) atoms. The van der Waals surface area contributed by atoms with Crippen LogP contribution in [0.25, 0.3) is 0 Å². The third-order valence-corrected chi connectivity index (χ3v) is 3.33. The third-order valence-electron chi connectivity index (χ3n) is 2.75. The summed E-state index contributed by atoms with van der Waals surface area (Å²) in [5.41, 5.74) is 1.06. The van der Waals surface area contributed by atoms with E-state index in [-0.39, 0.29) is 5.75 Å². The van der Waals surface area contributed by atoms with E-state index in [0.29, 0.717) is 16.1 Å². The van der Waals surface area contributed by atoms with Gasteiger partial charge in [-0.25, -0.2) is 0 Å². The van der Waals surface area contributed by atoms with Crippen LogP contribution in [-0.2, 0) is 0 Å². The number of benzene rings is 1. The lowest BCUT2D eigenvalue weighted by Crippen LogP contribution is -2.26. The smallest absolute Gasteiger partial charge is 0.152 e. The number of aromatic hydroxyl groups is 1. The number of halogens is 2. The summed E-state index contributed by atoms with van der Waals surface area (Å²) >= 11 is 11.8. The van der Waals surface area contributed by atoms with Crippen LogP contribution in [0.2, 0.25) is 10.0 Å². The third kappa shape index (κ3) is 2.39. The Bertz CT molecular complexity index is 339. The molecule has 0 spiro atoms. The molecule has 1 heterocycles. The normalized spacial score (nSPS) is 21.6. The fourth-order valence-electron chi connectivity index (χ4n) is 1.92. The largest absolute Gasteiger partial charge is 0.505 e. The van der Waals surface area contributed by atoms with E-state index in [1.807, 2.05) is 0 Å². The molecular formula is C11H13Cl2NO. The Labute approximate surface area is 99.2 Å². The lowest BCUT2D eigenvalue weighted by atomic mass is 9.97. The van der Waals surface area contributed by atoms with E-state index in [1.165, 1.54) is 12.8 Å². The van der Waals surface area contributed by atoms with Crippen LogP contribution in [0.3, 0.4) is 0 Å². The second-order valence-corrected chi connectivity index (χ2v) is 4.65. The molecule has 0 radical (unpaired) electrons. The predicted octanol–water partition coefficient (Wildman–Crippen LogP) is 3.51. The van der Waals surface area contributed by atoms with Crippen LogP contribution in [0.1, 0.15) is 30.9 Å². The van der Waals surface area contributed by atoms with E-state index < -0.39 is 0 Å². The molecule has 0 aromatic heterocycles. The van der Waals surface area contributed by atoms with Crippen molar-refractivity contribution in [3.05, 3.63) is 27.7 Å². The van der Waals surface area contributed by atoms with Crippen molar-refractivity contribution in [1.82, 2.24) is 5.32 Å². The van der Waals surface area contributed by atoms with Gasteiger partial charge in [0.25, 0.3) is 0 Å². The van der Waals surface area contributed by atoms with Crippen molar-refractivity contribution in [2.75, 3.05) is 6.54 Å². The molecule has 2 N–H and O–H groups in total. The summed E-state index contributed by atoms with van der Waals surface area (Å²) in [5, 5.41) is 13.5. The number of rotatable bonds is 1. The SMILES string of the molecule is Oc1c(Cl)cc([C@@H]2CCCCN2)cc1Cl. The van der Waals surface area contributed by atoms with Gasteiger partial charge in [0.1, 0.15) is 0 Å². The molecule has 1 aliphatic rings. The maximum Gasteiger partial charge on any atom is 0.152 e. The summed E-state index contributed by atoms with van der Waals surface area (Å²) < 4.78 is 0. The summed E-state index contributed by atoms with van der Waals surface area (Å²) in [7, 11) is 0. The van der Waals surface area contributed by atoms with Gasteiger partial charge in [0.2, 0.25) is 0 Å². The molecule has 1 aliphatic heterocycles. The van der Waals surface area contributed by atoms with E-state index in [4.69, 9.17) is 23.2 Å². The maximum absolute atomic E-state index is 9.44. The minimum Gasteiger partial charge on any atom is -0.505 e. The van der Waals surface area contributed by atoms with E-state index in [2.05, 4.69) is 5.32 Å². The van der Waals surface area contributed by atoms with Gasteiger partial charge in [-0.05, 0) is 37.1 Å². The molecule has 82 valence electrons. The van der Waals surface area contributed by atoms with Gasteiger partial charge in [-0.2, -0.15) is 0 Å². The minimum atomic E-state index is -0.0297. The molecule has 1 fully saturated rings. The molecule has 1 aromatic carbocycles. The second kappa shape index (κ2) is 4.60. The van der Waals surface area contributed by atoms with Crippen molar-refractivity contribution in [1.29, 1.82) is 0 Å². The van der Waals surface area contributed by atoms with E-state index in [0.717, 1.165) is 18.5 Å². The van der Waals surface area contributed by atoms with Crippen LogP contribution in [0.5, 0.6) is 5.75 Å². The molecule has 0 bridgehead atoms. The van der Waals surface area contributed by atoms with Crippen molar-refractivity contribution in [3.63, 3.8) is 0 Å². The predicted molar refractivity (Wildman–Crippen MR) is 62.7 cm³/mol. The van der Waals surface area contributed by atoms with Gasteiger partial charge in [-0.3, -0.25) is 0 Å². The first-order valence-electron chi connectivity index (χ1n) is 5.10. The Morgan fingerprint density at radius 2 is 1.87 bits per heavy atom. The number of phenols is 1. The van der Waals surface area contributed by atoms with Gasteiger partial charge >= 0.3 is 0 Å². The first kappa shape index (κ1) is 11.1. The van der Waals surface area contributed by atoms with Gasteiger partial charge in [0.15, 0.2) is 5.75 Å². The van der Waals surface area contributed by atoms with Gasteiger partial charge in [0, 0.05) is 6.04 Å². The lowest BCUT2D eigenvalue weighted by Gasteiger charge is -2.24. The number of piperidine rings is 1. The fraction of sp³-hybridized carbons (Fsp3) is 0.455. The van der Waals surface area contributed by atoms with Crippen LogP contribution >= 0.6 is 23.2 Å². The van der Waals surface area contributed by atoms with Crippen LogP contribution in [0.4, 0.5) is 0 Å². The Morgan fingerprint density at radius 3 is 2.40 bits per heavy atom. The summed E-state index contributed by atoms with van der Waals surface area (Å²) in [4.78, 5) is 0. The molecule has 0 saturated carbocycles. The number of nitrogens with one attached hydrogen (secondary N) is 1. The van der Waals surface area contributed by atoms with Gasteiger partial charge in [0.05, 0.1) is 10.0 Å². The van der Waals surface area contributed by atoms with Crippen molar-refractivity contribution in [2.24, 2.45) is 0 Å². The molecular weight excluding hydrogens is 233 g/mol. The van der Waals surface area contributed by atoms with Crippen LogP contribution in [0.15, 0.2) is 12.1 Å². The highest BCUT2D eigenvalue weighted by Gasteiger charge is 2.17. The van der Waals surface area contributed by atoms with E-state index >= 15 is 0 Å². The average molecular weight is 246 g/mol. The first-order chi connectivity index (χ1) is 7.18. The highest BCUT2D eigenvalue weighted by Crippen LogP contribution is 2.36. The van der Waals surface area contributed by atoms with Crippen molar-refractivity contribution < 1.29 is 5.11 Å². The highest BCUT2D eigenvalue weighted by atomic mass is 35.5. The molecule has 4 heteroatoms. The molecule has 0 unspecified atom stereocenters. The zero-order valence-electron chi connectivity index (χ0n) is 8.26. The fourth-order valence-corrected chi connectivity index (χ4v) is 2.43. The zero-order chi connectivity index (χ0) is 10.8. The Balaban J connectivity index is 2.27. The van der Waals surface area contributed by atoms with Crippen molar-refractivity contribution >= 4 is 23.2 Å². The number of hydrogen-bond donors (Lipinski definition) is 2. The average Bonchev–Trinajstić information content (AvgIpc) is 2.26. The van der Waals surface area contributed by atoms with Crippen molar-refractivity contribution in [2.45, 2.75) is 25.3 Å². The monoisotopic (exact) mass is 245 g/mol. The first-order valence-corrected chi connectivity index (χ1v) is 5.85. The molecule has 0 amide bonds. The number of phenolic OH excluding ortho intramolecular Hbond substituents is 1. The van der Waals surface area contributed by atoms with Gasteiger partial charge < -0.3 is 10.4 Å². The Hall–Kier alpha value is -0.440. The topological polar surface area (TPSA) is 32.3 Å². The molecule has 0 aliphatic carbocycles. The van der Waals surface area contributed by atoms with Gasteiger partial charge in [-0.1, -0.05) is 29.6 Å². The van der Waals surface area contributed by atoms with Crippen molar-refractivity contribution in [3.8, 4) is 5.75 Å². The molecule has 1 aromatic rings. The minimum absolute atomic E-state index is 0.0297. The van der Waals surface area contributed by atoms with E-state index in [9.17, 15) is 5.11 Å². The quantitative estimate of drug-likeness (QED) is 0.794. The second-order valence-electron chi connectivity index (χ2n) is 3.84. The summed E-state index contributed by atoms with van der Waals surface area (Å²) in [6, 6.07) is 3.88. The lowest BCUT2D eigenvalue weighted by molar-refractivity contribution is 0.411. The van der Waals surface area contributed by atoms with Gasteiger partial charge in [-0.15, -0.1) is 0 Å². The maximum atomic E-state index is 9.44. The summed E-state index contributed by atoms with van der Waals surface area (Å²) in [6.07, 6.45) is 3.53.